The Balaban J connectivity index is 1.35. The summed E-state index contributed by atoms with van der Waals surface area (Å²) >= 11 is 0. The first kappa shape index (κ1) is 22.3. The summed E-state index contributed by atoms with van der Waals surface area (Å²) in [5, 5.41) is 12.6. The van der Waals surface area contributed by atoms with Gasteiger partial charge in [0.25, 0.3) is 0 Å². The highest BCUT2D eigenvalue weighted by Crippen LogP contribution is 2.31. The van der Waals surface area contributed by atoms with Crippen molar-refractivity contribution in [2.45, 2.75) is 20.3 Å². The van der Waals surface area contributed by atoms with E-state index in [1.54, 1.807) is 19.1 Å². The van der Waals surface area contributed by atoms with Gasteiger partial charge < -0.3 is 13.7 Å². The average molecular weight is 466 g/mol. The van der Waals surface area contributed by atoms with Crippen molar-refractivity contribution in [1.82, 2.24) is 15.4 Å². The summed E-state index contributed by atoms with van der Waals surface area (Å²) in [5.74, 6) is 1.33. The number of hydrogen-bond acceptors (Lipinski definition) is 7. The highest BCUT2D eigenvalue weighted by Gasteiger charge is 2.19. The van der Waals surface area contributed by atoms with Crippen molar-refractivity contribution in [3.05, 3.63) is 102 Å². The smallest absolute Gasteiger partial charge is 0.338 e. The molecule has 0 bridgehead atoms. The van der Waals surface area contributed by atoms with Gasteiger partial charge >= 0.3 is 5.97 Å². The first-order valence-corrected chi connectivity index (χ1v) is 11.3. The molecular formula is C28H23N3O4. The molecule has 0 aliphatic heterocycles. The van der Waals surface area contributed by atoms with Gasteiger partial charge in [-0.15, -0.1) is 10.2 Å². The summed E-state index contributed by atoms with van der Waals surface area (Å²) in [7, 11) is 0. The number of hydrogen-bond donors (Lipinski definition) is 0. The molecule has 0 atom stereocenters. The Labute approximate surface area is 202 Å². The minimum absolute atomic E-state index is 0.320. The predicted octanol–water partition coefficient (Wildman–Crippen LogP) is 6.13. The molecule has 0 saturated heterocycles. The van der Waals surface area contributed by atoms with Crippen LogP contribution in [0.15, 0.2) is 87.8 Å². The number of carbonyl (C=O) groups is 1. The van der Waals surface area contributed by atoms with E-state index >= 15 is 0 Å². The maximum atomic E-state index is 11.9. The van der Waals surface area contributed by atoms with Crippen LogP contribution in [0.4, 0.5) is 0 Å². The Morgan fingerprint density at radius 1 is 0.829 bits per heavy atom. The number of aromatic nitrogens is 3. The van der Waals surface area contributed by atoms with Gasteiger partial charge in [0, 0.05) is 16.7 Å². The zero-order valence-corrected chi connectivity index (χ0v) is 19.4. The quantitative estimate of drug-likeness (QED) is 0.267. The number of benzene rings is 3. The topological polar surface area (TPSA) is 91.2 Å². The lowest BCUT2D eigenvalue weighted by Crippen LogP contribution is -2.03. The van der Waals surface area contributed by atoms with Gasteiger partial charge in [-0.3, -0.25) is 0 Å². The van der Waals surface area contributed by atoms with Crippen molar-refractivity contribution in [1.29, 1.82) is 0 Å². The Morgan fingerprint density at radius 2 is 1.49 bits per heavy atom. The molecule has 174 valence electrons. The van der Waals surface area contributed by atoms with Crippen LogP contribution in [0.2, 0.25) is 0 Å². The summed E-state index contributed by atoms with van der Waals surface area (Å²) < 4.78 is 16.6. The fourth-order valence-electron chi connectivity index (χ4n) is 3.82. The molecule has 35 heavy (non-hydrogen) atoms. The lowest BCUT2D eigenvalue weighted by atomic mass is 9.99. The molecule has 5 rings (SSSR count). The molecule has 3 aromatic carbocycles. The largest absolute Gasteiger partial charge is 0.462 e. The van der Waals surface area contributed by atoms with E-state index in [1.165, 1.54) is 0 Å². The van der Waals surface area contributed by atoms with Crippen LogP contribution in [-0.2, 0) is 11.2 Å². The van der Waals surface area contributed by atoms with Crippen LogP contribution in [0.1, 0.15) is 34.4 Å². The fourth-order valence-corrected chi connectivity index (χ4v) is 3.82. The van der Waals surface area contributed by atoms with Gasteiger partial charge in [-0.05, 0) is 49.2 Å². The third-order valence-electron chi connectivity index (χ3n) is 5.68. The zero-order chi connectivity index (χ0) is 24.2. The molecule has 0 N–H and O–H groups in total. The van der Waals surface area contributed by atoms with Gasteiger partial charge in [-0.25, -0.2) is 4.79 Å². The van der Waals surface area contributed by atoms with Gasteiger partial charge in [0.2, 0.25) is 11.8 Å². The summed E-state index contributed by atoms with van der Waals surface area (Å²) in [5.41, 5.74) is 6.00. The molecule has 0 radical (unpaired) electrons. The van der Waals surface area contributed by atoms with Crippen LogP contribution in [0.25, 0.3) is 33.9 Å². The molecule has 7 heteroatoms. The number of ether oxygens (including phenoxy) is 1. The second-order valence-corrected chi connectivity index (χ2v) is 7.99. The van der Waals surface area contributed by atoms with Crippen molar-refractivity contribution in [3.8, 4) is 33.9 Å². The molecular weight excluding hydrogens is 442 g/mol. The lowest BCUT2D eigenvalue weighted by Gasteiger charge is -2.06. The maximum absolute atomic E-state index is 11.9. The van der Waals surface area contributed by atoms with Crippen LogP contribution in [0.5, 0.6) is 0 Å². The Morgan fingerprint density at radius 3 is 2.17 bits per heavy atom. The molecule has 0 saturated carbocycles. The monoisotopic (exact) mass is 465 g/mol. The third-order valence-corrected chi connectivity index (χ3v) is 5.68. The Bertz CT molecular complexity index is 1440. The Kier molecular flexibility index (Phi) is 6.22. The van der Waals surface area contributed by atoms with Crippen molar-refractivity contribution in [2.75, 3.05) is 6.61 Å². The molecule has 0 aliphatic rings. The molecule has 2 heterocycles. The molecule has 0 aliphatic carbocycles. The van der Waals surface area contributed by atoms with E-state index in [0.717, 1.165) is 33.5 Å². The minimum atomic E-state index is -0.320. The van der Waals surface area contributed by atoms with Crippen LogP contribution in [0, 0.1) is 6.92 Å². The third kappa shape index (κ3) is 4.75. The van der Waals surface area contributed by atoms with Gasteiger partial charge in [-0.2, -0.15) is 0 Å². The van der Waals surface area contributed by atoms with Gasteiger partial charge in [-0.1, -0.05) is 59.8 Å². The van der Waals surface area contributed by atoms with E-state index in [1.807, 2.05) is 73.7 Å². The molecule has 7 nitrogen and oxygen atoms in total. The summed E-state index contributed by atoms with van der Waals surface area (Å²) in [4.78, 5) is 11.9. The minimum Gasteiger partial charge on any atom is -0.462 e. The fraction of sp³-hybridized carbons (Fsp3) is 0.143. The summed E-state index contributed by atoms with van der Waals surface area (Å²) in [6.07, 6.45) is 0.418. The molecule has 5 aromatic rings. The predicted molar refractivity (Wildman–Crippen MR) is 131 cm³/mol. The van der Waals surface area contributed by atoms with E-state index in [2.05, 4.69) is 15.4 Å². The van der Waals surface area contributed by atoms with Crippen LogP contribution in [0.3, 0.4) is 0 Å². The zero-order valence-electron chi connectivity index (χ0n) is 19.4. The van der Waals surface area contributed by atoms with Gasteiger partial charge in [0.05, 0.1) is 24.3 Å². The van der Waals surface area contributed by atoms with Gasteiger partial charge in [0.1, 0.15) is 0 Å². The van der Waals surface area contributed by atoms with E-state index in [4.69, 9.17) is 13.7 Å². The van der Waals surface area contributed by atoms with Crippen LogP contribution < -0.4 is 0 Å². The van der Waals surface area contributed by atoms with Crippen molar-refractivity contribution in [2.24, 2.45) is 0 Å². The molecule has 0 unspecified atom stereocenters. The maximum Gasteiger partial charge on any atom is 0.338 e. The first-order valence-electron chi connectivity index (χ1n) is 11.3. The highest BCUT2D eigenvalue weighted by atomic mass is 16.5. The molecule has 0 spiro atoms. The lowest BCUT2D eigenvalue weighted by molar-refractivity contribution is 0.0526. The average Bonchev–Trinajstić information content (AvgIpc) is 3.52. The molecule has 2 aromatic heterocycles. The van der Waals surface area contributed by atoms with E-state index < -0.39 is 0 Å². The Hall–Kier alpha value is -4.52. The van der Waals surface area contributed by atoms with E-state index in [0.29, 0.717) is 36.1 Å². The SMILES string of the molecule is CCOC(=O)c1ccc(-c2ccc(-c3onc(C)c3Cc3nnc(-c4ccccc4)o3)cc2)cc1. The van der Waals surface area contributed by atoms with Gasteiger partial charge in [0.15, 0.2) is 5.76 Å². The number of rotatable bonds is 7. The number of esters is 1. The second-order valence-electron chi connectivity index (χ2n) is 7.99. The van der Waals surface area contributed by atoms with Crippen LogP contribution >= 0.6 is 0 Å². The van der Waals surface area contributed by atoms with Crippen LogP contribution in [-0.4, -0.2) is 27.9 Å². The highest BCUT2D eigenvalue weighted by molar-refractivity contribution is 5.90. The number of nitrogens with zero attached hydrogens (tertiary/aromatic N) is 3. The normalized spacial score (nSPS) is 10.9. The molecule has 0 fully saturated rings. The second kappa shape index (κ2) is 9.77. The summed E-state index contributed by atoms with van der Waals surface area (Å²) in [6, 6.07) is 25.0. The first-order chi connectivity index (χ1) is 17.1. The number of carbonyl (C=O) groups excluding carboxylic acids is 1. The number of aryl methyl sites for hydroxylation is 1. The van der Waals surface area contributed by atoms with Crippen molar-refractivity contribution < 1.29 is 18.5 Å². The van der Waals surface area contributed by atoms with E-state index in [-0.39, 0.29) is 5.97 Å². The van der Waals surface area contributed by atoms with Crippen molar-refractivity contribution in [3.63, 3.8) is 0 Å². The standard InChI is InChI=1S/C28H23N3O4/c1-3-33-28(32)23-15-11-20(12-16-23)19-9-13-21(14-10-19)26-24(18(2)31-35-26)17-25-29-30-27(34-25)22-7-5-4-6-8-22/h4-16H,3,17H2,1-2H3. The van der Waals surface area contributed by atoms with Crippen molar-refractivity contribution >= 4 is 5.97 Å². The molecule has 0 amide bonds. The van der Waals surface area contributed by atoms with E-state index in [9.17, 15) is 4.79 Å². The summed E-state index contributed by atoms with van der Waals surface area (Å²) in [6.45, 7) is 4.04.